The molecule has 0 aliphatic rings. The third-order valence-corrected chi connectivity index (χ3v) is 5.45. The van der Waals surface area contributed by atoms with Crippen LogP contribution in [0.5, 0.6) is 0 Å². The molecule has 1 N–H and O–H groups in total. The Kier molecular flexibility index (Phi) is 5.34. The van der Waals surface area contributed by atoms with Crippen molar-refractivity contribution in [2.75, 3.05) is 13.7 Å². The first kappa shape index (κ1) is 15.7. The van der Waals surface area contributed by atoms with Gasteiger partial charge in [-0.15, -0.1) is 0 Å². The summed E-state index contributed by atoms with van der Waals surface area (Å²) in [6.07, 6.45) is -0.286. The van der Waals surface area contributed by atoms with Gasteiger partial charge in [0.25, 0.3) is 0 Å². The van der Waals surface area contributed by atoms with Gasteiger partial charge < -0.3 is 4.74 Å². The molecule has 20 heavy (non-hydrogen) atoms. The molecular formula is C13H14BrNO3S2. The Hall–Kier alpha value is -0.730. The van der Waals surface area contributed by atoms with Crippen LogP contribution in [0.15, 0.2) is 50.5 Å². The summed E-state index contributed by atoms with van der Waals surface area (Å²) in [5.74, 6) is 0. The Labute approximate surface area is 131 Å². The number of sulfonamides is 1. The molecule has 0 aliphatic carbocycles. The van der Waals surface area contributed by atoms with E-state index in [-0.39, 0.29) is 17.5 Å². The molecule has 0 saturated heterocycles. The van der Waals surface area contributed by atoms with Gasteiger partial charge in [0, 0.05) is 18.1 Å². The Balaban J connectivity index is 2.07. The van der Waals surface area contributed by atoms with Gasteiger partial charge in [0.05, 0.1) is 11.0 Å². The highest BCUT2D eigenvalue weighted by molar-refractivity contribution is 9.10. The summed E-state index contributed by atoms with van der Waals surface area (Å²) in [6.45, 7) is 0.200. The summed E-state index contributed by atoms with van der Waals surface area (Å²) >= 11 is 4.83. The highest BCUT2D eigenvalue weighted by Crippen LogP contribution is 2.20. The fourth-order valence-electron chi connectivity index (χ4n) is 1.68. The number of halogens is 1. The van der Waals surface area contributed by atoms with Gasteiger partial charge in [-0.05, 0) is 46.7 Å². The fourth-order valence-corrected chi connectivity index (χ4v) is 3.68. The van der Waals surface area contributed by atoms with Crippen molar-refractivity contribution < 1.29 is 13.2 Å². The van der Waals surface area contributed by atoms with Gasteiger partial charge in [-0.25, -0.2) is 13.1 Å². The maximum atomic E-state index is 12.2. The van der Waals surface area contributed by atoms with E-state index in [0.717, 1.165) is 10.0 Å². The summed E-state index contributed by atoms with van der Waals surface area (Å²) < 4.78 is 33.0. The normalized spacial score (nSPS) is 13.3. The predicted octanol–water partition coefficient (Wildman–Crippen LogP) is 3.18. The van der Waals surface area contributed by atoms with E-state index in [2.05, 4.69) is 20.7 Å². The van der Waals surface area contributed by atoms with Crippen LogP contribution in [0.3, 0.4) is 0 Å². The first-order valence-electron chi connectivity index (χ1n) is 5.83. The van der Waals surface area contributed by atoms with Gasteiger partial charge in [-0.2, -0.15) is 11.3 Å². The number of benzene rings is 1. The van der Waals surface area contributed by atoms with Crippen LogP contribution in [-0.2, 0) is 14.8 Å². The molecular weight excluding hydrogens is 362 g/mol. The Morgan fingerprint density at radius 1 is 1.30 bits per heavy atom. The van der Waals surface area contributed by atoms with Crippen molar-refractivity contribution in [2.24, 2.45) is 0 Å². The van der Waals surface area contributed by atoms with E-state index < -0.39 is 10.0 Å². The summed E-state index contributed by atoms with van der Waals surface area (Å²) in [6, 6.07) is 8.42. The highest BCUT2D eigenvalue weighted by Gasteiger charge is 2.18. The topological polar surface area (TPSA) is 55.4 Å². The zero-order valence-corrected chi connectivity index (χ0v) is 14.0. The van der Waals surface area contributed by atoms with E-state index in [1.165, 1.54) is 0 Å². The van der Waals surface area contributed by atoms with Gasteiger partial charge in [0.1, 0.15) is 0 Å². The lowest BCUT2D eigenvalue weighted by Gasteiger charge is -2.15. The number of rotatable bonds is 6. The minimum absolute atomic E-state index is 0.200. The van der Waals surface area contributed by atoms with Gasteiger partial charge >= 0.3 is 0 Å². The molecule has 108 valence electrons. The van der Waals surface area contributed by atoms with Gasteiger partial charge in [-0.3, -0.25) is 0 Å². The molecule has 1 atom stereocenters. The van der Waals surface area contributed by atoms with Crippen LogP contribution in [0.1, 0.15) is 11.7 Å². The number of hydrogen-bond acceptors (Lipinski definition) is 4. The third-order valence-electron chi connectivity index (χ3n) is 2.78. The summed E-state index contributed by atoms with van der Waals surface area (Å²) in [7, 11) is -1.95. The van der Waals surface area contributed by atoms with E-state index in [9.17, 15) is 8.42 Å². The van der Waals surface area contributed by atoms with Gasteiger partial charge in [0.2, 0.25) is 10.0 Å². The summed E-state index contributed by atoms with van der Waals surface area (Å²) in [5.41, 5.74) is 0.969. The van der Waals surface area contributed by atoms with Crippen LogP contribution < -0.4 is 4.72 Å². The smallest absolute Gasteiger partial charge is 0.240 e. The van der Waals surface area contributed by atoms with Crippen molar-refractivity contribution in [3.63, 3.8) is 0 Å². The number of ether oxygens (including phenoxy) is 1. The van der Waals surface area contributed by atoms with E-state index in [4.69, 9.17) is 4.74 Å². The van der Waals surface area contributed by atoms with E-state index in [1.54, 1.807) is 42.7 Å². The summed E-state index contributed by atoms with van der Waals surface area (Å²) in [5, 5.41) is 3.88. The van der Waals surface area contributed by atoms with Crippen molar-refractivity contribution in [1.29, 1.82) is 0 Å². The zero-order valence-electron chi connectivity index (χ0n) is 10.7. The molecule has 0 spiro atoms. The molecule has 1 heterocycles. The first-order valence-corrected chi connectivity index (χ1v) is 9.05. The molecule has 0 amide bonds. The second-order valence-electron chi connectivity index (χ2n) is 4.09. The van der Waals surface area contributed by atoms with E-state index in [1.807, 2.05) is 16.8 Å². The number of thiophene rings is 1. The van der Waals surface area contributed by atoms with Crippen molar-refractivity contribution in [3.8, 4) is 0 Å². The lowest BCUT2D eigenvalue weighted by Crippen LogP contribution is -2.29. The van der Waals surface area contributed by atoms with E-state index in [0.29, 0.717) is 0 Å². The molecule has 2 aromatic rings. The zero-order chi connectivity index (χ0) is 14.6. The van der Waals surface area contributed by atoms with Crippen LogP contribution in [0.4, 0.5) is 0 Å². The SMILES string of the molecule is COC(CNS(=O)(=O)c1ccc(Br)cc1)c1ccsc1. The van der Waals surface area contributed by atoms with Crippen molar-refractivity contribution in [1.82, 2.24) is 4.72 Å². The molecule has 0 radical (unpaired) electrons. The number of methoxy groups -OCH3 is 1. The largest absolute Gasteiger partial charge is 0.375 e. The minimum atomic E-state index is -3.52. The van der Waals surface area contributed by atoms with Crippen molar-refractivity contribution in [2.45, 2.75) is 11.0 Å². The standard InChI is InChI=1S/C13H14BrNO3S2/c1-18-13(10-6-7-19-9-10)8-15-20(16,17)12-4-2-11(14)3-5-12/h2-7,9,13,15H,8H2,1H3. The Morgan fingerprint density at radius 2 is 2.00 bits per heavy atom. The lowest BCUT2D eigenvalue weighted by atomic mass is 10.2. The van der Waals surface area contributed by atoms with Crippen LogP contribution in [-0.4, -0.2) is 22.1 Å². The molecule has 7 heteroatoms. The maximum absolute atomic E-state index is 12.2. The molecule has 0 saturated carbocycles. The van der Waals surface area contributed by atoms with Crippen molar-refractivity contribution >= 4 is 37.3 Å². The molecule has 1 aromatic heterocycles. The minimum Gasteiger partial charge on any atom is -0.375 e. The van der Waals surface area contributed by atoms with Crippen LogP contribution >= 0.6 is 27.3 Å². The van der Waals surface area contributed by atoms with Gasteiger partial charge in [0.15, 0.2) is 0 Å². The average molecular weight is 376 g/mol. The highest BCUT2D eigenvalue weighted by atomic mass is 79.9. The number of nitrogens with one attached hydrogen (secondary N) is 1. The molecule has 2 rings (SSSR count). The maximum Gasteiger partial charge on any atom is 0.240 e. The molecule has 1 unspecified atom stereocenters. The molecule has 0 fully saturated rings. The lowest BCUT2D eigenvalue weighted by molar-refractivity contribution is 0.107. The quantitative estimate of drug-likeness (QED) is 0.843. The first-order chi connectivity index (χ1) is 9.53. The molecule has 0 bridgehead atoms. The Bertz CT molecular complexity index is 639. The summed E-state index contributed by atoms with van der Waals surface area (Å²) in [4.78, 5) is 0.237. The molecule has 4 nitrogen and oxygen atoms in total. The van der Waals surface area contributed by atoms with Crippen LogP contribution in [0, 0.1) is 0 Å². The monoisotopic (exact) mass is 375 g/mol. The second-order valence-corrected chi connectivity index (χ2v) is 7.55. The average Bonchev–Trinajstić information content (AvgIpc) is 2.94. The van der Waals surface area contributed by atoms with Crippen molar-refractivity contribution in [3.05, 3.63) is 51.1 Å². The predicted molar refractivity (Wildman–Crippen MR) is 83.4 cm³/mol. The Morgan fingerprint density at radius 3 is 2.55 bits per heavy atom. The number of hydrogen-bond donors (Lipinski definition) is 1. The molecule has 0 aliphatic heterocycles. The van der Waals surface area contributed by atoms with Crippen LogP contribution in [0.2, 0.25) is 0 Å². The third kappa shape index (κ3) is 3.89. The van der Waals surface area contributed by atoms with Crippen LogP contribution in [0.25, 0.3) is 0 Å². The molecule has 1 aromatic carbocycles. The van der Waals surface area contributed by atoms with Gasteiger partial charge in [-0.1, -0.05) is 15.9 Å². The second kappa shape index (κ2) is 6.82. The van der Waals surface area contributed by atoms with E-state index >= 15 is 0 Å². The fraction of sp³-hybridized carbons (Fsp3) is 0.231.